The summed E-state index contributed by atoms with van der Waals surface area (Å²) in [5.74, 6) is 0. The average molecular weight is 188 g/mol. The van der Waals surface area contributed by atoms with Gasteiger partial charge in [-0.3, -0.25) is 0 Å². The predicted octanol–water partition coefficient (Wildman–Crippen LogP) is 0.687. The molecule has 0 fully saturated rings. The highest BCUT2D eigenvalue weighted by molar-refractivity contribution is 4.67. The van der Waals surface area contributed by atoms with Crippen LogP contribution in [0, 0.1) is 0 Å². The average Bonchev–Trinajstić information content (AvgIpc) is 2.12. The molecule has 2 N–H and O–H groups in total. The number of hydrogen-bond donors (Lipinski definition) is 2. The summed E-state index contributed by atoms with van der Waals surface area (Å²) >= 11 is 0. The Kier molecular flexibility index (Phi) is 7.23. The van der Waals surface area contributed by atoms with Crippen molar-refractivity contribution in [1.29, 1.82) is 0 Å². The first-order chi connectivity index (χ1) is 6.11. The van der Waals surface area contributed by atoms with E-state index >= 15 is 0 Å². The summed E-state index contributed by atoms with van der Waals surface area (Å²) in [4.78, 5) is 2.36. The normalized spacial score (nSPS) is 16.2. The van der Waals surface area contributed by atoms with Gasteiger partial charge in [-0.05, 0) is 26.9 Å². The number of nitrogens with zero attached hydrogens (tertiary/aromatic N) is 1. The van der Waals surface area contributed by atoms with E-state index in [2.05, 4.69) is 24.1 Å². The van der Waals surface area contributed by atoms with E-state index in [-0.39, 0.29) is 12.1 Å². The summed E-state index contributed by atoms with van der Waals surface area (Å²) in [6.07, 6.45) is -0.267. The van der Waals surface area contributed by atoms with Crippen LogP contribution in [0.15, 0.2) is 0 Å². The van der Waals surface area contributed by atoms with Crippen LogP contribution in [-0.2, 0) is 0 Å². The van der Waals surface area contributed by atoms with Crippen molar-refractivity contribution in [2.45, 2.75) is 39.8 Å². The molecule has 80 valence electrons. The maximum Gasteiger partial charge on any atom is 0.0662 e. The first-order valence-electron chi connectivity index (χ1n) is 5.25. The van der Waals surface area contributed by atoms with E-state index < -0.39 is 0 Å². The Morgan fingerprint density at radius 3 is 2.15 bits per heavy atom. The zero-order valence-electron chi connectivity index (χ0n) is 9.38. The summed E-state index contributed by atoms with van der Waals surface area (Å²) in [6.45, 7) is 12.4. The number of nitrogens with one attached hydrogen (secondary N) is 1. The van der Waals surface area contributed by atoms with Gasteiger partial charge in [-0.15, -0.1) is 0 Å². The highest BCUT2D eigenvalue weighted by Crippen LogP contribution is 1.90. The van der Waals surface area contributed by atoms with Gasteiger partial charge in [0.2, 0.25) is 0 Å². The molecule has 0 aromatic heterocycles. The highest BCUT2D eigenvalue weighted by Gasteiger charge is 2.07. The standard InChI is InChI=1S/C10H24N2O/c1-5-12(6-2)8-7-11-9(3)10(4)13/h9-11,13H,5-8H2,1-4H3. The molecule has 3 heteroatoms. The Morgan fingerprint density at radius 2 is 1.77 bits per heavy atom. The fraction of sp³-hybridized carbons (Fsp3) is 1.00. The quantitative estimate of drug-likeness (QED) is 0.617. The Bertz CT molecular complexity index is 111. The first kappa shape index (κ1) is 12.9. The Balaban J connectivity index is 3.43. The van der Waals surface area contributed by atoms with Gasteiger partial charge in [0.15, 0.2) is 0 Å². The zero-order valence-corrected chi connectivity index (χ0v) is 9.38. The second kappa shape index (κ2) is 7.30. The third kappa shape index (κ3) is 6.02. The van der Waals surface area contributed by atoms with Crippen LogP contribution in [-0.4, -0.2) is 48.3 Å². The maximum absolute atomic E-state index is 9.22. The van der Waals surface area contributed by atoms with Crippen LogP contribution >= 0.6 is 0 Å². The SMILES string of the molecule is CCN(CC)CCNC(C)C(C)O. The molecule has 0 spiro atoms. The molecule has 0 heterocycles. The van der Waals surface area contributed by atoms with E-state index in [1.165, 1.54) is 0 Å². The topological polar surface area (TPSA) is 35.5 Å². The maximum atomic E-state index is 9.22. The Morgan fingerprint density at radius 1 is 1.23 bits per heavy atom. The fourth-order valence-corrected chi connectivity index (χ4v) is 1.16. The van der Waals surface area contributed by atoms with Crippen molar-refractivity contribution in [2.24, 2.45) is 0 Å². The summed E-state index contributed by atoms with van der Waals surface area (Å²) in [7, 11) is 0. The molecule has 0 saturated heterocycles. The molecule has 0 aromatic carbocycles. The monoisotopic (exact) mass is 188 g/mol. The van der Waals surface area contributed by atoms with Gasteiger partial charge in [-0.2, -0.15) is 0 Å². The minimum Gasteiger partial charge on any atom is -0.392 e. The van der Waals surface area contributed by atoms with Gasteiger partial charge in [0, 0.05) is 19.1 Å². The van der Waals surface area contributed by atoms with Crippen LogP contribution in [0.1, 0.15) is 27.7 Å². The number of hydrogen-bond acceptors (Lipinski definition) is 3. The van der Waals surface area contributed by atoms with Gasteiger partial charge in [0.25, 0.3) is 0 Å². The van der Waals surface area contributed by atoms with E-state index in [1.54, 1.807) is 0 Å². The van der Waals surface area contributed by atoms with Gasteiger partial charge in [0.05, 0.1) is 6.10 Å². The lowest BCUT2D eigenvalue weighted by Crippen LogP contribution is -2.40. The van der Waals surface area contributed by atoms with Gasteiger partial charge < -0.3 is 15.3 Å². The van der Waals surface area contributed by atoms with Crippen LogP contribution in [0.5, 0.6) is 0 Å². The van der Waals surface area contributed by atoms with E-state index in [9.17, 15) is 5.11 Å². The lowest BCUT2D eigenvalue weighted by Gasteiger charge is -2.21. The molecule has 0 bridgehead atoms. The molecule has 2 unspecified atom stereocenters. The van der Waals surface area contributed by atoms with Crippen LogP contribution in [0.3, 0.4) is 0 Å². The zero-order chi connectivity index (χ0) is 10.3. The van der Waals surface area contributed by atoms with Crippen LogP contribution in [0.25, 0.3) is 0 Å². The van der Waals surface area contributed by atoms with Crippen LogP contribution in [0.2, 0.25) is 0 Å². The number of likely N-dealkylation sites (N-methyl/N-ethyl adjacent to an activating group) is 1. The largest absolute Gasteiger partial charge is 0.392 e. The van der Waals surface area contributed by atoms with Crippen molar-refractivity contribution in [2.75, 3.05) is 26.2 Å². The molecule has 0 saturated carbocycles. The predicted molar refractivity (Wildman–Crippen MR) is 56.9 cm³/mol. The van der Waals surface area contributed by atoms with Crippen molar-refractivity contribution in [1.82, 2.24) is 10.2 Å². The molecule has 0 aliphatic rings. The minimum atomic E-state index is -0.267. The van der Waals surface area contributed by atoms with Crippen LogP contribution in [0.4, 0.5) is 0 Å². The molecule has 3 nitrogen and oxygen atoms in total. The molecule has 0 aliphatic carbocycles. The van der Waals surface area contributed by atoms with Crippen molar-refractivity contribution >= 4 is 0 Å². The first-order valence-corrected chi connectivity index (χ1v) is 5.25. The van der Waals surface area contributed by atoms with Gasteiger partial charge >= 0.3 is 0 Å². The molecule has 0 radical (unpaired) electrons. The van der Waals surface area contributed by atoms with Gasteiger partial charge in [0.1, 0.15) is 0 Å². The molecule has 0 aliphatic heterocycles. The summed E-state index contributed by atoms with van der Waals surface area (Å²) in [5.41, 5.74) is 0. The lowest BCUT2D eigenvalue weighted by atomic mass is 10.2. The molecule has 0 rings (SSSR count). The summed E-state index contributed by atoms with van der Waals surface area (Å²) in [5, 5.41) is 12.5. The van der Waals surface area contributed by atoms with Crippen molar-refractivity contribution < 1.29 is 5.11 Å². The minimum absolute atomic E-state index is 0.190. The van der Waals surface area contributed by atoms with Crippen LogP contribution < -0.4 is 5.32 Å². The lowest BCUT2D eigenvalue weighted by molar-refractivity contribution is 0.150. The molecule has 13 heavy (non-hydrogen) atoms. The third-order valence-corrected chi connectivity index (χ3v) is 2.51. The molecular formula is C10H24N2O. The Hall–Kier alpha value is -0.120. The molecule has 0 amide bonds. The Labute approximate surface area is 82.1 Å². The van der Waals surface area contributed by atoms with E-state index in [1.807, 2.05) is 13.8 Å². The summed E-state index contributed by atoms with van der Waals surface area (Å²) in [6, 6.07) is 0.190. The van der Waals surface area contributed by atoms with E-state index in [0.29, 0.717) is 0 Å². The smallest absolute Gasteiger partial charge is 0.0662 e. The van der Waals surface area contributed by atoms with E-state index in [4.69, 9.17) is 0 Å². The number of aliphatic hydroxyl groups is 1. The number of rotatable bonds is 7. The second-order valence-corrected chi connectivity index (χ2v) is 3.51. The van der Waals surface area contributed by atoms with Crippen molar-refractivity contribution in [3.63, 3.8) is 0 Å². The molecular weight excluding hydrogens is 164 g/mol. The molecule has 0 aromatic rings. The van der Waals surface area contributed by atoms with E-state index in [0.717, 1.165) is 26.2 Å². The second-order valence-electron chi connectivity index (χ2n) is 3.51. The number of aliphatic hydroxyl groups excluding tert-OH is 1. The third-order valence-electron chi connectivity index (χ3n) is 2.51. The highest BCUT2D eigenvalue weighted by atomic mass is 16.3. The molecule has 2 atom stereocenters. The summed E-state index contributed by atoms with van der Waals surface area (Å²) < 4.78 is 0. The van der Waals surface area contributed by atoms with Gasteiger partial charge in [-0.25, -0.2) is 0 Å². The fourth-order valence-electron chi connectivity index (χ4n) is 1.16. The van der Waals surface area contributed by atoms with Crippen molar-refractivity contribution in [3.8, 4) is 0 Å². The van der Waals surface area contributed by atoms with Gasteiger partial charge in [-0.1, -0.05) is 13.8 Å². The van der Waals surface area contributed by atoms with Crippen molar-refractivity contribution in [3.05, 3.63) is 0 Å².